The average Bonchev–Trinajstić information content (AvgIpc) is 3.59. The summed E-state index contributed by atoms with van der Waals surface area (Å²) in [6.07, 6.45) is 0. The van der Waals surface area contributed by atoms with Gasteiger partial charge in [0.15, 0.2) is 0 Å². The van der Waals surface area contributed by atoms with E-state index < -0.39 is 0 Å². The molecule has 0 radical (unpaired) electrons. The lowest BCUT2D eigenvalue weighted by molar-refractivity contribution is 1.18. The van der Waals surface area contributed by atoms with Gasteiger partial charge in [0.25, 0.3) is 0 Å². The number of nitrogens with zero attached hydrogens (tertiary/aromatic N) is 3. The van der Waals surface area contributed by atoms with Crippen LogP contribution in [-0.2, 0) is 0 Å². The highest BCUT2D eigenvalue weighted by Gasteiger charge is 2.19. The van der Waals surface area contributed by atoms with E-state index in [1.807, 2.05) is 18.2 Å². The van der Waals surface area contributed by atoms with Crippen LogP contribution in [0.1, 0.15) is 5.56 Å². The van der Waals surface area contributed by atoms with Crippen molar-refractivity contribution in [3.8, 4) is 45.3 Å². The Bertz CT molecular complexity index is 3370. The molecule has 0 fully saturated rings. The van der Waals surface area contributed by atoms with Crippen LogP contribution < -0.4 is 0 Å². The normalized spacial score (nSPS) is 11.6. The lowest BCUT2D eigenvalue weighted by Gasteiger charge is -2.17. The molecule has 2 heterocycles. The molecule has 254 valence electrons. The largest absolute Gasteiger partial charge is 0.309 e. The van der Waals surface area contributed by atoms with E-state index in [4.69, 9.17) is 4.98 Å². The standard InChI is InChI=1S/C52H31N3/c53-32-33-22-25-42-46-30-37(24-27-48(46)55(49(42)28-33)39-17-5-2-6-18-39)36-15-11-16-38(29-36)45-31-47-50(43-21-10-9-20-41(43)45)44-26-23-34-12-7-8-19-40(34)52(44)54-51(47)35-13-3-1-4-14-35/h1-31H. The number of fused-ring (bicyclic) bond motifs is 10. The van der Waals surface area contributed by atoms with E-state index in [0.29, 0.717) is 5.56 Å². The zero-order valence-electron chi connectivity index (χ0n) is 29.7. The van der Waals surface area contributed by atoms with E-state index in [2.05, 4.69) is 180 Å². The van der Waals surface area contributed by atoms with Crippen LogP contribution in [0.5, 0.6) is 0 Å². The highest BCUT2D eigenvalue weighted by molar-refractivity contribution is 6.28. The molecule has 0 saturated carbocycles. The first-order chi connectivity index (χ1) is 27.2. The van der Waals surface area contributed by atoms with Crippen molar-refractivity contribution in [1.82, 2.24) is 9.55 Å². The third kappa shape index (κ3) is 4.86. The number of hydrogen-bond acceptors (Lipinski definition) is 2. The van der Waals surface area contributed by atoms with Crippen molar-refractivity contribution in [2.24, 2.45) is 0 Å². The zero-order chi connectivity index (χ0) is 36.5. The fourth-order valence-electron chi connectivity index (χ4n) is 8.65. The summed E-state index contributed by atoms with van der Waals surface area (Å²) in [6.45, 7) is 0. The summed E-state index contributed by atoms with van der Waals surface area (Å²) in [4.78, 5) is 5.48. The van der Waals surface area contributed by atoms with Crippen molar-refractivity contribution < 1.29 is 0 Å². The minimum Gasteiger partial charge on any atom is -0.309 e. The van der Waals surface area contributed by atoms with Crippen molar-refractivity contribution in [3.05, 3.63) is 194 Å². The molecule has 0 atom stereocenters. The summed E-state index contributed by atoms with van der Waals surface area (Å²) in [5.41, 5.74) is 11.6. The Balaban J connectivity index is 1.15. The third-order valence-electron chi connectivity index (χ3n) is 11.2. The molecule has 9 aromatic carbocycles. The van der Waals surface area contributed by atoms with E-state index in [1.165, 1.54) is 27.1 Å². The minimum absolute atomic E-state index is 0.648. The first-order valence-corrected chi connectivity index (χ1v) is 18.6. The monoisotopic (exact) mass is 697 g/mol. The molecule has 55 heavy (non-hydrogen) atoms. The second-order valence-electron chi connectivity index (χ2n) is 14.2. The summed E-state index contributed by atoms with van der Waals surface area (Å²) >= 11 is 0. The molecule has 11 rings (SSSR count). The van der Waals surface area contributed by atoms with Crippen molar-refractivity contribution in [2.45, 2.75) is 0 Å². The van der Waals surface area contributed by atoms with Gasteiger partial charge in [0.05, 0.1) is 33.9 Å². The maximum absolute atomic E-state index is 9.77. The molecule has 0 aliphatic rings. The van der Waals surface area contributed by atoms with Gasteiger partial charge >= 0.3 is 0 Å². The number of rotatable bonds is 4. The number of para-hydroxylation sites is 1. The Hall–Kier alpha value is -7.54. The molecule has 0 aliphatic heterocycles. The Morgan fingerprint density at radius 2 is 1.11 bits per heavy atom. The highest BCUT2D eigenvalue weighted by Crippen LogP contribution is 2.44. The van der Waals surface area contributed by atoms with Gasteiger partial charge in [0, 0.05) is 43.6 Å². The Morgan fingerprint density at radius 1 is 0.418 bits per heavy atom. The molecule has 2 aromatic heterocycles. The third-order valence-corrected chi connectivity index (χ3v) is 11.2. The van der Waals surface area contributed by atoms with Gasteiger partial charge in [-0.05, 0) is 86.9 Å². The molecule has 0 spiro atoms. The Labute approximate surface area is 317 Å². The van der Waals surface area contributed by atoms with Gasteiger partial charge in [-0.3, -0.25) is 0 Å². The second kappa shape index (κ2) is 12.3. The molecule has 0 saturated heterocycles. The van der Waals surface area contributed by atoms with Gasteiger partial charge in [-0.15, -0.1) is 0 Å². The van der Waals surface area contributed by atoms with Crippen LogP contribution in [0.2, 0.25) is 0 Å². The van der Waals surface area contributed by atoms with Crippen LogP contribution >= 0.6 is 0 Å². The summed E-state index contributed by atoms with van der Waals surface area (Å²) in [6, 6.07) is 69.2. The highest BCUT2D eigenvalue weighted by atomic mass is 15.0. The molecule has 0 unspecified atom stereocenters. The fraction of sp³-hybridized carbons (Fsp3) is 0. The van der Waals surface area contributed by atoms with Gasteiger partial charge in [0.2, 0.25) is 0 Å². The number of aromatic nitrogens is 2. The van der Waals surface area contributed by atoms with E-state index in [-0.39, 0.29) is 0 Å². The van der Waals surface area contributed by atoms with E-state index in [9.17, 15) is 5.26 Å². The SMILES string of the molecule is N#Cc1ccc2c3cc(-c4cccc(-c5cc6c(-c7ccccc7)nc7c8ccccc8ccc7c6c6ccccc56)c4)ccc3n(-c3ccccc3)c2c1. The van der Waals surface area contributed by atoms with Crippen LogP contribution in [0.3, 0.4) is 0 Å². The molecule has 3 heteroatoms. The van der Waals surface area contributed by atoms with Crippen LogP contribution in [0.25, 0.3) is 104 Å². The molecule has 0 amide bonds. The lowest BCUT2D eigenvalue weighted by Crippen LogP contribution is -1.94. The Kier molecular flexibility index (Phi) is 6.92. The van der Waals surface area contributed by atoms with Gasteiger partial charge in [-0.1, -0.05) is 140 Å². The molecule has 0 N–H and O–H groups in total. The number of nitriles is 1. The van der Waals surface area contributed by atoms with Crippen LogP contribution in [0.4, 0.5) is 0 Å². The molecular formula is C52H31N3. The summed E-state index contributed by atoms with van der Waals surface area (Å²) in [5.74, 6) is 0. The Morgan fingerprint density at radius 3 is 1.95 bits per heavy atom. The van der Waals surface area contributed by atoms with E-state index in [0.717, 1.165) is 77.1 Å². The maximum atomic E-state index is 9.77. The molecule has 3 nitrogen and oxygen atoms in total. The second-order valence-corrected chi connectivity index (χ2v) is 14.2. The molecular weight excluding hydrogens is 667 g/mol. The van der Waals surface area contributed by atoms with Crippen molar-refractivity contribution in [1.29, 1.82) is 5.26 Å². The molecule has 0 aliphatic carbocycles. The van der Waals surface area contributed by atoms with E-state index in [1.54, 1.807) is 0 Å². The maximum Gasteiger partial charge on any atom is 0.0992 e. The lowest BCUT2D eigenvalue weighted by atomic mass is 9.88. The smallest absolute Gasteiger partial charge is 0.0992 e. The fourth-order valence-corrected chi connectivity index (χ4v) is 8.65. The van der Waals surface area contributed by atoms with Crippen molar-refractivity contribution in [2.75, 3.05) is 0 Å². The average molecular weight is 698 g/mol. The van der Waals surface area contributed by atoms with Crippen LogP contribution in [0.15, 0.2) is 188 Å². The number of benzene rings is 9. The van der Waals surface area contributed by atoms with Crippen molar-refractivity contribution in [3.63, 3.8) is 0 Å². The predicted molar refractivity (Wildman–Crippen MR) is 230 cm³/mol. The minimum atomic E-state index is 0.648. The van der Waals surface area contributed by atoms with Crippen LogP contribution in [0, 0.1) is 11.3 Å². The molecule has 11 aromatic rings. The van der Waals surface area contributed by atoms with Crippen LogP contribution in [-0.4, -0.2) is 9.55 Å². The van der Waals surface area contributed by atoms with Gasteiger partial charge in [-0.25, -0.2) is 4.98 Å². The van der Waals surface area contributed by atoms with E-state index >= 15 is 0 Å². The molecule has 0 bridgehead atoms. The zero-order valence-corrected chi connectivity index (χ0v) is 29.7. The van der Waals surface area contributed by atoms with Gasteiger partial charge in [-0.2, -0.15) is 5.26 Å². The summed E-state index contributed by atoms with van der Waals surface area (Å²) in [5, 5.41) is 20.3. The van der Waals surface area contributed by atoms with Crippen molar-refractivity contribution >= 4 is 65.0 Å². The number of hydrogen-bond donors (Lipinski definition) is 0. The number of pyridine rings is 1. The summed E-state index contributed by atoms with van der Waals surface area (Å²) < 4.78 is 2.26. The van der Waals surface area contributed by atoms with Gasteiger partial charge in [0.1, 0.15) is 0 Å². The quantitative estimate of drug-likeness (QED) is 0.172. The predicted octanol–water partition coefficient (Wildman–Crippen LogP) is 13.7. The topological polar surface area (TPSA) is 41.6 Å². The first-order valence-electron chi connectivity index (χ1n) is 18.6. The summed E-state index contributed by atoms with van der Waals surface area (Å²) in [7, 11) is 0. The first kappa shape index (κ1) is 31.0. The van der Waals surface area contributed by atoms with Gasteiger partial charge < -0.3 is 4.57 Å².